The van der Waals surface area contributed by atoms with Gasteiger partial charge in [-0.2, -0.15) is 0 Å². The van der Waals surface area contributed by atoms with Crippen molar-refractivity contribution in [2.24, 2.45) is 5.92 Å². The normalized spacial score (nSPS) is 32.7. The van der Waals surface area contributed by atoms with Gasteiger partial charge < -0.3 is 5.32 Å². The maximum Gasteiger partial charge on any atom is 0.00719 e. The minimum absolute atomic E-state index is 0.757. The SMILES string of the molecule is CC(C)C[C@@H]1CCC[C@H](C)N1. The Labute approximate surface area is 70.6 Å². The topological polar surface area (TPSA) is 12.0 Å². The van der Waals surface area contributed by atoms with Crippen molar-refractivity contribution in [3.05, 3.63) is 0 Å². The fraction of sp³-hybridized carbons (Fsp3) is 1.00. The zero-order valence-electron chi connectivity index (χ0n) is 8.06. The summed E-state index contributed by atoms with van der Waals surface area (Å²) in [5, 5.41) is 3.65. The number of piperidine rings is 1. The first kappa shape index (κ1) is 9.05. The van der Waals surface area contributed by atoms with Crippen molar-refractivity contribution >= 4 is 0 Å². The molecule has 1 heterocycles. The van der Waals surface area contributed by atoms with E-state index in [1.165, 1.54) is 25.7 Å². The van der Waals surface area contributed by atoms with Crippen molar-refractivity contribution in [3.8, 4) is 0 Å². The highest BCUT2D eigenvalue weighted by Gasteiger charge is 2.17. The van der Waals surface area contributed by atoms with E-state index in [4.69, 9.17) is 0 Å². The molecule has 0 spiro atoms. The fourth-order valence-electron chi connectivity index (χ4n) is 1.99. The highest BCUT2D eigenvalue weighted by atomic mass is 15.0. The Morgan fingerprint density at radius 1 is 1.36 bits per heavy atom. The van der Waals surface area contributed by atoms with Crippen LogP contribution in [0.5, 0.6) is 0 Å². The van der Waals surface area contributed by atoms with Crippen LogP contribution >= 0.6 is 0 Å². The first-order valence-electron chi connectivity index (χ1n) is 4.94. The minimum Gasteiger partial charge on any atom is -0.311 e. The van der Waals surface area contributed by atoms with Crippen molar-refractivity contribution < 1.29 is 0 Å². The summed E-state index contributed by atoms with van der Waals surface area (Å²) in [6.07, 6.45) is 5.53. The maximum atomic E-state index is 3.65. The molecule has 2 atom stereocenters. The molecule has 1 aliphatic heterocycles. The molecule has 1 heteroatoms. The van der Waals surface area contributed by atoms with Crippen LogP contribution in [0.4, 0.5) is 0 Å². The zero-order chi connectivity index (χ0) is 8.27. The van der Waals surface area contributed by atoms with Crippen molar-refractivity contribution in [1.82, 2.24) is 5.32 Å². The van der Waals surface area contributed by atoms with Gasteiger partial charge in [0.2, 0.25) is 0 Å². The van der Waals surface area contributed by atoms with Crippen LogP contribution in [0, 0.1) is 5.92 Å². The Morgan fingerprint density at radius 3 is 2.64 bits per heavy atom. The minimum atomic E-state index is 0.757. The first-order valence-corrected chi connectivity index (χ1v) is 4.94. The summed E-state index contributed by atoms with van der Waals surface area (Å²) in [6.45, 7) is 6.91. The van der Waals surface area contributed by atoms with Crippen LogP contribution in [0.1, 0.15) is 46.5 Å². The monoisotopic (exact) mass is 155 g/mol. The van der Waals surface area contributed by atoms with Gasteiger partial charge in [-0.25, -0.2) is 0 Å². The van der Waals surface area contributed by atoms with E-state index in [1.807, 2.05) is 0 Å². The fourth-order valence-corrected chi connectivity index (χ4v) is 1.99. The molecule has 0 amide bonds. The second-order valence-electron chi connectivity index (χ2n) is 4.33. The van der Waals surface area contributed by atoms with E-state index in [-0.39, 0.29) is 0 Å². The third-order valence-electron chi connectivity index (χ3n) is 2.47. The van der Waals surface area contributed by atoms with E-state index < -0.39 is 0 Å². The third-order valence-corrected chi connectivity index (χ3v) is 2.47. The Kier molecular flexibility index (Phi) is 3.38. The number of rotatable bonds is 2. The zero-order valence-corrected chi connectivity index (χ0v) is 8.06. The van der Waals surface area contributed by atoms with E-state index in [0.29, 0.717) is 0 Å². The third kappa shape index (κ3) is 3.24. The van der Waals surface area contributed by atoms with Gasteiger partial charge in [-0.3, -0.25) is 0 Å². The summed E-state index contributed by atoms with van der Waals surface area (Å²) >= 11 is 0. The average molecular weight is 155 g/mol. The first-order chi connectivity index (χ1) is 5.18. The molecule has 0 aromatic rings. The van der Waals surface area contributed by atoms with Crippen LogP contribution in [-0.2, 0) is 0 Å². The maximum absolute atomic E-state index is 3.65. The molecule has 0 unspecified atom stereocenters. The lowest BCUT2D eigenvalue weighted by molar-refractivity contribution is 0.298. The van der Waals surface area contributed by atoms with Crippen LogP contribution in [0.3, 0.4) is 0 Å². The van der Waals surface area contributed by atoms with Gasteiger partial charge in [0.25, 0.3) is 0 Å². The Morgan fingerprint density at radius 2 is 2.09 bits per heavy atom. The second-order valence-corrected chi connectivity index (χ2v) is 4.33. The van der Waals surface area contributed by atoms with Crippen molar-refractivity contribution in [1.29, 1.82) is 0 Å². The van der Waals surface area contributed by atoms with Gasteiger partial charge in [0, 0.05) is 12.1 Å². The molecule has 0 radical (unpaired) electrons. The Hall–Kier alpha value is -0.0400. The van der Waals surface area contributed by atoms with Crippen molar-refractivity contribution in [3.63, 3.8) is 0 Å². The molecule has 0 aromatic carbocycles. The molecule has 0 bridgehead atoms. The highest BCUT2D eigenvalue weighted by Crippen LogP contribution is 2.17. The molecule has 1 rings (SSSR count). The summed E-state index contributed by atoms with van der Waals surface area (Å²) in [5.41, 5.74) is 0. The van der Waals surface area contributed by atoms with E-state index in [1.54, 1.807) is 0 Å². The molecule has 1 saturated heterocycles. The predicted octanol–water partition coefficient (Wildman–Crippen LogP) is 2.56. The van der Waals surface area contributed by atoms with Gasteiger partial charge in [-0.05, 0) is 32.1 Å². The van der Waals surface area contributed by atoms with E-state index in [9.17, 15) is 0 Å². The molecular formula is C10H21N. The summed E-state index contributed by atoms with van der Waals surface area (Å²) < 4.78 is 0. The van der Waals surface area contributed by atoms with E-state index in [2.05, 4.69) is 26.1 Å². The van der Waals surface area contributed by atoms with Crippen LogP contribution in [0.25, 0.3) is 0 Å². The van der Waals surface area contributed by atoms with Crippen LogP contribution in [-0.4, -0.2) is 12.1 Å². The number of hydrogen-bond acceptors (Lipinski definition) is 1. The average Bonchev–Trinajstić information content (AvgIpc) is 1.85. The lowest BCUT2D eigenvalue weighted by atomic mass is 9.93. The van der Waals surface area contributed by atoms with Crippen LogP contribution in [0.2, 0.25) is 0 Å². The summed E-state index contributed by atoms with van der Waals surface area (Å²) in [5.74, 6) is 0.845. The number of nitrogens with one attached hydrogen (secondary N) is 1. The van der Waals surface area contributed by atoms with Crippen molar-refractivity contribution in [2.75, 3.05) is 0 Å². The molecule has 0 saturated carbocycles. The van der Waals surface area contributed by atoms with Gasteiger partial charge >= 0.3 is 0 Å². The van der Waals surface area contributed by atoms with E-state index in [0.717, 1.165) is 18.0 Å². The standard InChI is InChI=1S/C10H21N/c1-8(2)7-10-6-4-5-9(3)11-10/h8-11H,4-7H2,1-3H3/t9-,10-/m0/s1. The highest BCUT2D eigenvalue weighted by molar-refractivity contribution is 4.78. The molecule has 66 valence electrons. The lowest BCUT2D eigenvalue weighted by Crippen LogP contribution is -2.41. The lowest BCUT2D eigenvalue weighted by Gasteiger charge is -2.29. The van der Waals surface area contributed by atoms with E-state index >= 15 is 0 Å². The van der Waals surface area contributed by atoms with Crippen molar-refractivity contribution in [2.45, 2.75) is 58.5 Å². The van der Waals surface area contributed by atoms with Crippen LogP contribution < -0.4 is 5.32 Å². The molecule has 0 aliphatic carbocycles. The van der Waals surface area contributed by atoms with Gasteiger partial charge in [-0.15, -0.1) is 0 Å². The molecular weight excluding hydrogens is 134 g/mol. The molecule has 1 fully saturated rings. The summed E-state index contributed by atoms with van der Waals surface area (Å²) in [6, 6.07) is 1.56. The molecule has 1 aliphatic rings. The predicted molar refractivity (Wildman–Crippen MR) is 49.7 cm³/mol. The molecule has 1 N–H and O–H groups in total. The van der Waals surface area contributed by atoms with Gasteiger partial charge in [0.05, 0.1) is 0 Å². The quantitative estimate of drug-likeness (QED) is 0.646. The number of hydrogen-bond donors (Lipinski definition) is 1. The van der Waals surface area contributed by atoms with Gasteiger partial charge in [0.15, 0.2) is 0 Å². The molecule has 11 heavy (non-hydrogen) atoms. The molecule has 0 aromatic heterocycles. The largest absolute Gasteiger partial charge is 0.311 e. The smallest absolute Gasteiger partial charge is 0.00719 e. The summed E-state index contributed by atoms with van der Waals surface area (Å²) in [7, 11) is 0. The summed E-state index contributed by atoms with van der Waals surface area (Å²) in [4.78, 5) is 0. The van der Waals surface area contributed by atoms with Gasteiger partial charge in [-0.1, -0.05) is 20.3 Å². The second kappa shape index (κ2) is 4.10. The Balaban J connectivity index is 2.23. The molecule has 1 nitrogen and oxygen atoms in total. The van der Waals surface area contributed by atoms with Gasteiger partial charge in [0.1, 0.15) is 0 Å². The Bertz CT molecular complexity index is 107. The van der Waals surface area contributed by atoms with Crippen LogP contribution in [0.15, 0.2) is 0 Å².